The minimum absolute atomic E-state index is 0.254. The number of nitrogens with zero attached hydrogens (tertiary/aromatic N) is 1. The van der Waals surface area contributed by atoms with Gasteiger partial charge in [-0.1, -0.05) is 12.1 Å². The number of methoxy groups -OCH3 is 3. The molecule has 1 aliphatic rings. The Kier molecular flexibility index (Phi) is 9.60. The van der Waals surface area contributed by atoms with Crippen molar-refractivity contribution in [2.24, 2.45) is 0 Å². The van der Waals surface area contributed by atoms with Gasteiger partial charge in [0.05, 0.1) is 52.3 Å². The standard InChI is InChI=1S/C29H35N3O7S/c1-6-38-21-11-9-8-10-20(21)31-27(33)24-19-14-15-32(29(34)39-7-2)17-23(19)40-28(24)30-16-18-12-13-22(35-3)26(37-5)25(18)36-4/h8-13,30H,6-7,14-17H2,1-5H3,(H,31,33). The van der Waals surface area contributed by atoms with Crippen molar-refractivity contribution in [3.63, 3.8) is 0 Å². The Morgan fingerprint density at radius 3 is 2.42 bits per heavy atom. The molecule has 3 aromatic rings. The van der Waals surface area contributed by atoms with Gasteiger partial charge >= 0.3 is 6.09 Å². The van der Waals surface area contributed by atoms with E-state index in [1.54, 1.807) is 33.2 Å². The number of anilines is 2. The summed E-state index contributed by atoms with van der Waals surface area (Å²) in [7, 11) is 4.70. The fourth-order valence-corrected chi connectivity index (χ4v) is 5.91. The lowest BCUT2D eigenvalue weighted by atomic mass is 10.0. The minimum Gasteiger partial charge on any atom is -0.493 e. The molecule has 2 heterocycles. The second-order valence-electron chi connectivity index (χ2n) is 8.81. The monoisotopic (exact) mass is 569 g/mol. The van der Waals surface area contributed by atoms with Gasteiger partial charge in [0.1, 0.15) is 10.8 Å². The van der Waals surface area contributed by atoms with Crippen molar-refractivity contribution >= 4 is 34.0 Å². The fraction of sp³-hybridized carbons (Fsp3) is 0.379. The molecular weight excluding hydrogens is 534 g/mol. The number of hydrogen-bond acceptors (Lipinski definition) is 9. The highest BCUT2D eigenvalue weighted by Gasteiger charge is 2.31. The van der Waals surface area contributed by atoms with Crippen LogP contribution >= 0.6 is 11.3 Å². The SMILES string of the molecule is CCOC(=O)N1CCc2c(sc(NCc3ccc(OC)c(OC)c3OC)c2C(=O)Nc2ccccc2OCC)C1. The van der Waals surface area contributed by atoms with Crippen LogP contribution in [0.5, 0.6) is 23.0 Å². The molecule has 40 heavy (non-hydrogen) atoms. The van der Waals surface area contributed by atoms with Crippen LogP contribution in [0.25, 0.3) is 0 Å². The zero-order chi connectivity index (χ0) is 28.6. The van der Waals surface area contributed by atoms with Gasteiger partial charge in [-0.05, 0) is 50.1 Å². The van der Waals surface area contributed by atoms with Crippen LogP contribution < -0.4 is 29.6 Å². The first-order valence-electron chi connectivity index (χ1n) is 13.1. The first-order valence-corrected chi connectivity index (χ1v) is 13.9. The first-order chi connectivity index (χ1) is 19.4. The number of amides is 2. The van der Waals surface area contributed by atoms with E-state index in [9.17, 15) is 9.59 Å². The number of benzene rings is 2. The Balaban J connectivity index is 1.68. The molecule has 2 N–H and O–H groups in total. The van der Waals surface area contributed by atoms with Gasteiger partial charge < -0.3 is 39.2 Å². The van der Waals surface area contributed by atoms with Crippen LogP contribution in [0.2, 0.25) is 0 Å². The van der Waals surface area contributed by atoms with Crippen molar-refractivity contribution in [3.8, 4) is 23.0 Å². The largest absolute Gasteiger partial charge is 0.493 e. The number of ether oxygens (including phenoxy) is 5. The van der Waals surface area contributed by atoms with Gasteiger partial charge in [-0.3, -0.25) is 4.79 Å². The maximum absolute atomic E-state index is 13.8. The molecule has 0 saturated carbocycles. The minimum atomic E-state index is -0.359. The Hall–Kier alpha value is -4.12. The van der Waals surface area contributed by atoms with Crippen LogP contribution in [-0.2, 0) is 24.2 Å². The molecule has 2 amide bonds. The first kappa shape index (κ1) is 28.9. The maximum atomic E-state index is 13.8. The average molecular weight is 570 g/mol. The summed E-state index contributed by atoms with van der Waals surface area (Å²) in [6.45, 7) is 5.65. The van der Waals surface area contributed by atoms with Gasteiger partial charge in [-0.25, -0.2) is 4.79 Å². The number of rotatable bonds is 11. The molecular formula is C29H35N3O7S. The van der Waals surface area contributed by atoms with Crippen molar-refractivity contribution in [2.45, 2.75) is 33.4 Å². The van der Waals surface area contributed by atoms with Crippen LogP contribution in [0.15, 0.2) is 36.4 Å². The quantitative estimate of drug-likeness (QED) is 0.310. The summed E-state index contributed by atoms with van der Waals surface area (Å²) >= 11 is 1.46. The second kappa shape index (κ2) is 13.3. The number of thiophene rings is 1. The maximum Gasteiger partial charge on any atom is 0.410 e. The molecule has 0 radical (unpaired) electrons. The third-order valence-electron chi connectivity index (χ3n) is 6.47. The zero-order valence-corrected chi connectivity index (χ0v) is 24.2. The molecule has 10 nitrogen and oxygen atoms in total. The van der Waals surface area contributed by atoms with Gasteiger partial charge in [-0.2, -0.15) is 0 Å². The number of carbonyl (C=O) groups is 2. The van der Waals surface area contributed by atoms with E-state index in [-0.39, 0.29) is 12.0 Å². The number of hydrogen-bond donors (Lipinski definition) is 2. The molecule has 0 saturated heterocycles. The Bertz CT molecular complexity index is 1360. The molecule has 214 valence electrons. The summed E-state index contributed by atoms with van der Waals surface area (Å²) in [5, 5.41) is 7.17. The molecule has 2 aromatic carbocycles. The van der Waals surface area contributed by atoms with Crippen molar-refractivity contribution in [2.75, 3.05) is 51.7 Å². The number of nitrogens with one attached hydrogen (secondary N) is 2. The molecule has 0 atom stereocenters. The van der Waals surface area contributed by atoms with Crippen molar-refractivity contribution in [1.82, 2.24) is 4.90 Å². The fourth-order valence-electron chi connectivity index (χ4n) is 4.65. The highest BCUT2D eigenvalue weighted by atomic mass is 32.1. The predicted molar refractivity (Wildman–Crippen MR) is 154 cm³/mol. The van der Waals surface area contributed by atoms with Gasteiger partial charge in [0.2, 0.25) is 5.75 Å². The molecule has 0 spiro atoms. The number of fused-ring (bicyclic) bond motifs is 1. The second-order valence-corrected chi connectivity index (χ2v) is 9.91. The average Bonchev–Trinajstić information content (AvgIpc) is 3.34. The normalized spacial score (nSPS) is 12.3. The molecule has 1 aromatic heterocycles. The van der Waals surface area contributed by atoms with Crippen LogP contribution in [0, 0.1) is 0 Å². The number of para-hydroxylation sites is 2. The summed E-state index contributed by atoms with van der Waals surface area (Å²) in [5.74, 6) is 1.93. The van der Waals surface area contributed by atoms with Crippen molar-refractivity contribution < 1.29 is 33.3 Å². The zero-order valence-electron chi connectivity index (χ0n) is 23.4. The summed E-state index contributed by atoms with van der Waals surface area (Å²) in [5.41, 5.74) is 2.88. The Labute approximate surface area is 238 Å². The van der Waals surface area contributed by atoms with Crippen molar-refractivity contribution in [1.29, 1.82) is 0 Å². The lowest BCUT2D eigenvalue weighted by Gasteiger charge is -2.26. The van der Waals surface area contributed by atoms with Gasteiger partial charge in [0.25, 0.3) is 5.91 Å². The molecule has 0 aliphatic carbocycles. The highest BCUT2D eigenvalue weighted by Crippen LogP contribution is 2.42. The lowest BCUT2D eigenvalue weighted by molar-refractivity contribution is 0.102. The van der Waals surface area contributed by atoms with Gasteiger partial charge in [0.15, 0.2) is 11.5 Å². The van der Waals surface area contributed by atoms with Gasteiger partial charge in [0, 0.05) is 23.5 Å². The molecule has 1 aliphatic heterocycles. The van der Waals surface area contributed by atoms with E-state index in [0.717, 1.165) is 16.0 Å². The van der Waals surface area contributed by atoms with E-state index in [1.807, 2.05) is 43.3 Å². The van der Waals surface area contributed by atoms with Crippen LogP contribution in [-0.4, -0.2) is 58.0 Å². The molecule has 0 unspecified atom stereocenters. The smallest absolute Gasteiger partial charge is 0.410 e. The summed E-state index contributed by atoms with van der Waals surface area (Å²) in [6.07, 6.45) is 0.171. The van der Waals surface area contributed by atoms with Crippen molar-refractivity contribution in [3.05, 3.63) is 58.0 Å². The summed E-state index contributed by atoms with van der Waals surface area (Å²) in [4.78, 5) is 28.8. The lowest BCUT2D eigenvalue weighted by Crippen LogP contribution is -2.36. The third kappa shape index (κ3) is 6.04. The van der Waals surface area contributed by atoms with Crippen LogP contribution in [0.4, 0.5) is 15.5 Å². The Morgan fingerprint density at radius 2 is 1.73 bits per heavy atom. The molecule has 0 bridgehead atoms. The molecule has 11 heteroatoms. The van der Waals surface area contributed by atoms with Crippen LogP contribution in [0.3, 0.4) is 0 Å². The molecule has 0 fully saturated rings. The summed E-state index contributed by atoms with van der Waals surface area (Å²) in [6, 6.07) is 11.0. The predicted octanol–water partition coefficient (Wildman–Crippen LogP) is 5.55. The van der Waals surface area contributed by atoms with Gasteiger partial charge in [-0.15, -0.1) is 11.3 Å². The highest BCUT2D eigenvalue weighted by molar-refractivity contribution is 7.16. The van der Waals surface area contributed by atoms with E-state index in [1.165, 1.54) is 11.3 Å². The van der Waals surface area contributed by atoms with E-state index in [4.69, 9.17) is 23.7 Å². The van der Waals surface area contributed by atoms with E-state index in [0.29, 0.717) is 78.5 Å². The molecule has 4 rings (SSSR count). The number of carbonyl (C=O) groups excluding carboxylic acids is 2. The Morgan fingerprint density at radius 1 is 0.950 bits per heavy atom. The topological polar surface area (TPSA) is 108 Å². The van der Waals surface area contributed by atoms with Crippen LogP contribution in [0.1, 0.15) is 40.2 Å². The third-order valence-corrected chi connectivity index (χ3v) is 7.64. The van der Waals surface area contributed by atoms with E-state index < -0.39 is 0 Å². The summed E-state index contributed by atoms with van der Waals surface area (Å²) < 4.78 is 27.5. The van der Waals surface area contributed by atoms with E-state index >= 15 is 0 Å². The van der Waals surface area contributed by atoms with E-state index in [2.05, 4.69) is 10.6 Å².